The minimum atomic E-state index is -0.0412. The van der Waals surface area contributed by atoms with Crippen LogP contribution in [0.15, 0.2) is 27.1 Å². The minimum absolute atomic E-state index is 0.0412. The molecule has 18 heavy (non-hydrogen) atoms. The van der Waals surface area contributed by atoms with Crippen LogP contribution in [0.4, 0.5) is 5.82 Å². The Morgan fingerprint density at radius 1 is 1.39 bits per heavy atom. The summed E-state index contributed by atoms with van der Waals surface area (Å²) < 4.78 is 1.16. The first-order chi connectivity index (χ1) is 8.65. The first-order valence-electron chi connectivity index (χ1n) is 5.81. The van der Waals surface area contributed by atoms with Crippen molar-refractivity contribution in [1.29, 1.82) is 0 Å². The van der Waals surface area contributed by atoms with Crippen LogP contribution in [0.1, 0.15) is 32.1 Å². The molecule has 96 valence electrons. The number of allylic oxidation sites excluding steroid dienone is 1. The van der Waals surface area contributed by atoms with E-state index < -0.39 is 0 Å². The lowest BCUT2D eigenvalue weighted by Crippen LogP contribution is -2.14. The SMILES string of the molecule is O=C(CC1=CCCCC1)Nc1ncc(Br)nc1Br. The molecule has 4 nitrogen and oxygen atoms in total. The Kier molecular flexibility index (Phi) is 4.88. The van der Waals surface area contributed by atoms with Crippen LogP contribution in [0.2, 0.25) is 0 Å². The van der Waals surface area contributed by atoms with Crippen LogP contribution >= 0.6 is 31.9 Å². The number of halogens is 2. The normalized spacial score (nSPS) is 15.1. The van der Waals surface area contributed by atoms with Gasteiger partial charge in [-0.15, -0.1) is 0 Å². The highest BCUT2D eigenvalue weighted by Crippen LogP contribution is 2.22. The Labute approximate surface area is 123 Å². The molecule has 0 aromatic carbocycles. The number of nitrogens with zero attached hydrogens (tertiary/aromatic N) is 2. The number of hydrogen-bond acceptors (Lipinski definition) is 3. The molecule has 2 rings (SSSR count). The first kappa shape index (κ1) is 13.7. The Balaban J connectivity index is 1.96. The van der Waals surface area contributed by atoms with Crippen molar-refractivity contribution in [2.24, 2.45) is 0 Å². The summed E-state index contributed by atoms with van der Waals surface area (Å²) >= 11 is 6.48. The summed E-state index contributed by atoms with van der Waals surface area (Å²) in [5.74, 6) is 0.417. The summed E-state index contributed by atoms with van der Waals surface area (Å²) in [5.41, 5.74) is 1.22. The van der Waals surface area contributed by atoms with Crippen molar-refractivity contribution in [2.75, 3.05) is 5.32 Å². The minimum Gasteiger partial charge on any atom is -0.308 e. The van der Waals surface area contributed by atoms with Gasteiger partial charge in [0.15, 0.2) is 5.82 Å². The molecule has 0 saturated carbocycles. The molecule has 1 aromatic rings. The summed E-state index contributed by atoms with van der Waals surface area (Å²) in [7, 11) is 0. The van der Waals surface area contributed by atoms with Crippen LogP contribution in [0.5, 0.6) is 0 Å². The molecule has 0 atom stereocenters. The van der Waals surface area contributed by atoms with Gasteiger partial charge in [0, 0.05) is 6.42 Å². The van der Waals surface area contributed by atoms with Crippen molar-refractivity contribution in [1.82, 2.24) is 9.97 Å². The largest absolute Gasteiger partial charge is 0.308 e. The molecule has 0 radical (unpaired) electrons. The van der Waals surface area contributed by atoms with Crippen molar-refractivity contribution in [3.05, 3.63) is 27.1 Å². The number of hydrogen-bond donors (Lipinski definition) is 1. The quantitative estimate of drug-likeness (QED) is 0.818. The molecule has 0 saturated heterocycles. The van der Waals surface area contributed by atoms with E-state index in [0.717, 1.165) is 12.8 Å². The zero-order valence-electron chi connectivity index (χ0n) is 9.75. The fourth-order valence-electron chi connectivity index (χ4n) is 1.88. The third-order valence-corrected chi connectivity index (χ3v) is 3.67. The van der Waals surface area contributed by atoms with Crippen molar-refractivity contribution < 1.29 is 4.79 Å². The predicted molar refractivity (Wildman–Crippen MR) is 77.2 cm³/mol. The van der Waals surface area contributed by atoms with E-state index in [-0.39, 0.29) is 5.91 Å². The van der Waals surface area contributed by atoms with Gasteiger partial charge in [-0.05, 0) is 57.5 Å². The van der Waals surface area contributed by atoms with E-state index in [2.05, 4.69) is 53.2 Å². The smallest absolute Gasteiger partial charge is 0.229 e. The van der Waals surface area contributed by atoms with Crippen LogP contribution in [-0.4, -0.2) is 15.9 Å². The summed E-state index contributed by atoms with van der Waals surface area (Å²) in [4.78, 5) is 20.1. The third kappa shape index (κ3) is 3.88. The lowest BCUT2D eigenvalue weighted by atomic mass is 9.97. The molecule has 1 aromatic heterocycles. The number of carbonyl (C=O) groups is 1. The standard InChI is InChI=1S/C12H13Br2N3O/c13-9-7-15-12(11(14)16-9)17-10(18)6-8-4-2-1-3-5-8/h4,7H,1-3,5-6H2,(H,15,17,18). The first-order valence-corrected chi connectivity index (χ1v) is 7.39. The highest BCUT2D eigenvalue weighted by molar-refractivity contribution is 9.11. The molecule has 6 heteroatoms. The van der Waals surface area contributed by atoms with Crippen molar-refractivity contribution in [3.63, 3.8) is 0 Å². The van der Waals surface area contributed by atoms with E-state index in [0.29, 0.717) is 21.4 Å². The van der Waals surface area contributed by atoms with Crippen LogP contribution < -0.4 is 5.32 Å². The maximum absolute atomic E-state index is 11.9. The Bertz CT molecular complexity index is 488. The van der Waals surface area contributed by atoms with Crippen molar-refractivity contribution in [2.45, 2.75) is 32.1 Å². The molecule has 1 aliphatic rings. The van der Waals surface area contributed by atoms with E-state index in [1.165, 1.54) is 18.4 Å². The zero-order chi connectivity index (χ0) is 13.0. The Morgan fingerprint density at radius 2 is 2.22 bits per heavy atom. The maximum atomic E-state index is 11.9. The Hall–Kier alpha value is -0.750. The molecule has 0 unspecified atom stereocenters. The van der Waals surface area contributed by atoms with Crippen LogP contribution in [0.3, 0.4) is 0 Å². The van der Waals surface area contributed by atoms with E-state index in [1.54, 1.807) is 6.20 Å². The topological polar surface area (TPSA) is 54.9 Å². The van der Waals surface area contributed by atoms with Gasteiger partial charge in [0.05, 0.1) is 6.20 Å². The number of anilines is 1. The molecule has 1 aliphatic carbocycles. The van der Waals surface area contributed by atoms with Gasteiger partial charge in [0.25, 0.3) is 0 Å². The average Bonchev–Trinajstić information content (AvgIpc) is 2.34. The summed E-state index contributed by atoms with van der Waals surface area (Å²) in [6, 6.07) is 0. The van der Waals surface area contributed by atoms with Crippen molar-refractivity contribution in [3.8, 4) is 0 Å². The van der Waals surface area contributed by atoms with Crippen LogP contribution in [-0.2, 0) is 4.79 Å². The predicted octanol–water partition coefficient (Wildman–Crippen LogP) is 3.83. The average molecular weight is 375 g/mol. The highest BCUT2D eigenvalue weighted by atomic mass is 79.9. The Morgan fingerprint density at radius 3 is 2.89 bits per heavy atom. The lowest BCUT2D eigenvalue weighted by molar-refractivity contribution is -0.115. The van der Waals surface area contributed by atoms with Gasteiger partial charge in [-0.3, -0.25) is 4.79 Å². The van der Waals surface area contributed by atoms with Gasteiger partial charge >= 0.3 is 0 Å². The van der Waals surface area contributed by atoms with Crippen LogP contribution in [0, 0.1) is 0 Å². The molecule has 1 heterocycles. The summed E-state index contributed by atoms with van der Waals surface area (Å²) in [5, 5.41) is 2.76. The molecule has 0 bridgehead atoms. The van der Waals surface area contributed by atoms with E-state index in [4.69, 9.17) is 0 Å². The second-order valence-corrected chi connectivity index (χ2v) is 5.73. The van der Waals surface area contributed by atoms with Gasteiger partial charge in [0.1, 0.15) is 9.21 Å². The molecule has 1 N–H and O–H groups in total. The maximum Gasteiger partial charge on any atom is 0.229 e. The summed E-state index contributed by atoms with van der Waals surface area (Å²) in [6.45, 7) is 0. The van der Waals surface area contributed by atoms with E-state index >= 15 is 0 Å². The van der Waals surface area contributed by atoms with Gasteiger partial charge in [-0.25, -0.2) is 9.97 Å². The second kappa shape index (κ2) is 6.43. The molecule has 1 amide bonds. The van der Waals surface area contributed by atoms with Gasteiger partial charge in [-0.2, -0.15) is 0 Å². The van der Waals surface area contributed by atoms with Crippen LogP contribution in [0.25, 0.3) is 0 Å². The number of amides is 1. The second-order valence-electron chi connectivity index (χ2n) is 4.17. The number of nitrogens with one attached hydrogen (secondary N) is 1. The number of aromatic nitrogens is 2. The van der Waals surface area contributed by atoms with Gasteiger partial charge in [0.2, 0.25) is 5.91 Å². The zero-order valence-corrected chi connectivity index (χ0v) is 12.9. The van der Waals surface area contributed by atoms with Gasteiger partial charge < -0.3 is 5.32 Å². The molecule has 0 fully saturated rings. The molecular weight excluding hydrogens is 362 g/mol. The van der Waals surface area contributed by atoms with E-state index in [9.17, 15) is 4.79 Å². The third-order valence-electron chi connectivity index (χ3n) is 2.73. The molecular formula is C12H13Br2N3O. The van der Waals surface area contributed by atoms with Crippen molar-refractivity contribution >= 4 is 43.6 Å². The molecule has 0 spiro atoms. The molecule has 0 aliphatic heterocycles. The number of carbonyl (C=O) groups excluding carboxylic acids is 1. The number of rotatable bonds is 3. The van der Waals surface area contributed by atoms with Gasteiger partial charge in [-0.1, -0.05) is 11.6 Å². The highest BCUT2D eigenvalue weighted by Gasteiger charge is 2.12. The fraction of sp³-hybridized carbons (Fsp3) is 0.417. The van der Waals surface area contributed by atoms with E-state index in [1.807, 2.05) is 0 Å². The lowest BCUT2D eigenvalue weighted by Gasteiger charge is -2.12. The summed E-state index contributed by atoms with van der Waals surface area (Å²) in [6.07, 6.45) is 8.70. The monoisotopic (exact) mass is 373 g/mol. The fourth-order valence-corrected chi connectivity index (χ4v) is 2.79.